The van der Waals surface area contributed by atoms with Crippen LogP contribution in [-0.4, -0.2) is 32.6 Å². The molecule has 38 heavy (non-hydrogen) atoms. The van der Waals surface area contributed by atoms with Crippen molar-refractivity contribution in [2.24, 2.45) is 0 Å². The molecule has 0 aliphatic heterocycles. The highest BCUT2D eigenvalue weighted by Gasteiger charge is 2.18. The summed E-state index contributed by atoms with van der Waals surface area (Å²) >= 11 is 0. The lowest BCUT2D eigenvalue weighted by atomic mass is 10.1. The van der Waals surface area contributed by atoms with Crippen molar-refractivity contribution in [3.63, 3.8) is 0 Å². The predicted molar refractivity (Wildman–Crippen MR) is 147 cm³/mol. The number of carboxylic acids is 1. The predicted octanol–water partition coefficient (Wildman–Crippen LogP) is 6.37. The molecule has 8 nitrogen and oxygen atoms in total. The molecule has 0 saturated carbocycles. The fourth-order valence-corrected chi connectivity index (χ4v) is 4.60. The number of amides is 2. The third kappa shape index (κ3) is 4.10. The maximum absolute atomic E-state index is 13.5. The number of rotatable bonds is 4. The fraction of sp³-hybridized carbons (Fsp3) is 0. The Kier molecular flexibility index (Phi) is 5.54. The summed E-state index contributed by atoms with van der Waals surface area (Å²) in [5.74, 6) is -1.70. The summed E-state index contributed by atoms with van der Waals surface area (Å²) in [6.07, 6.45) is 0. The molecule has 0 atom stereocenters. The molecule has 0 unspecified atom stereocenters. The van der Waals surface area contributed by atoms with E-state index in [1.807, 2.05) is 66.7 Å². The second kappa shape index (κ2) is 9.18. The number of hydrogen-bond acceptors (Lipinski definition) is 4. The molecule has 0 saturated heterocycles. The van der Waals surface area contributed by atoms with E-state index in [-0.39, 0.29) is 22.6 Å². The van der Waals surface area contributed by atoms with Gasteiger partial charge in [0.25, 0.3) is 5.91 Å². The highest BCUT2D eigenvalue weighted by atomic mass is 16.4. The van der Waals surface area contributed by atoms with E-state index in [0.29, 0.717) is 5.52 Å². The van der Waals surface area contributed by atoms with Crippen molar-refractivity contribution in [1.29, 1.82) is 0 Å². The largest absolute Gasteiger partial charge is 0.478 e. The van der Waals surface area contributed by atoms with E-state index in [9.17, 15) is 19.5 Å². The van der Waals surface area contributed by atoms with Gasteiger partial charge >= 0.3 is 12.0 Å². The number of pyridine rings is 1. The number of carboxylic acid groups (broad SMARTS) is 1. The fourth-order valence-electron chi connectivity index (χ4n) is 4.60. The first-order chi connectivity index (χ1) is 18.5. The van der Waals surface area contributed by atoms with Crippen LogP contribution in [0.1, 0.15) is 20.8 Å². The Bertz CT molecular complexity index is 1850. The van der Waals surface area contributed by atoms with Crippen LogP contribution in [0.15, 0.2) is 103 Å². The van der Waals surface area contributed by atoms with Gasteiger partial charge in [0.15, 0.2) is 0 Å². The maximum atomic E-state index is 13.5. The van der Waals surface area contributed by atoms with Gasteiger partial charge in [0.1, 0.15) is 5.69 Å². The molecule has 3 N–H and O–H groups in total. The van der Waals surface area contributed by atoms with E-state index in [1.54, 1.807) is 22.8 Å². The number of carbonyl (C=O) groups is 3. The molecule has 0 aliphatic rings. The van der Waals surface area contributed by atoms with E-state index < -0.39 is 17.9 Å². The number of anilines is 2. The first-order valence-corrected chi connectivity index (χ1v) is 11.8. The summed E-state index contributed by atoms with van der Waals surface area (Å²) in [5.41, 5.74) is 2.62. The van der Waals surface area contributed by atoms with Gasteiger partial charge in [-0.1, -0.05) is 60.7 Å². The van der Waals surface area contributed by atoms with Crippen molar-refractivity contribution in [2.75, 3.05) is 10.6 Å². The van der Waals surface area contributed by atoms with Gasteiger partial charge in [-0.2, -0.15) is 0 Å². The molecule has 184 valence electrons. The average Bonchev–Trinajstić information content (AvgIpc) is 3.27. The van der Waals surface area contributed by atoms with Crippen molar-refractivity contribution in [2.45, 2.75) is 0 Å². The lowest BCUT2D eigenvalue weighted by Crippen LogP contribution is -2.20. The van der Waals surface area contributed by atoms with Gasteiger partial charge in [-0.05, 0) is 42.5 Å². The Morgan fingerprint density at radius 3 is 1.97 bits per heavy atom. The molecular formula is C30H20N4O4. The lowest BCUT2D eigenvalue weighted by molar-refractivity contribution is 0.0696. The first kappa shape index (κ1) is 22.9. The minimum atomic E-state index is -1.20. The number of carbonyl (C=O) groups excluding carboxylic acids is 2. The zero-order valence-corrected chi connectivity index (χ0v) is 19.9. The zero-order valence-electron chi connectivity index (χ0n) is 19.9. The van der Waals surface area contributed by atoms with Gasteiger partial charge < -0.3 is 15.7 Å². The Morgan fingerprint density at radius 2 is 1.29 bits per heavy atom. The molecular weight excluding hydrogens is 480 g/mol. The van der Waals surface area contributed by atoms with Gasteiger partial charge in [-0.25, -0.2) is 14.6 Å². The average molecular weight is 501 g/mol. The van der Waals surface area contributed by atoms with E-state index in [2.05, 4.69) is 15.6 Å². The Balaban J connectivity index is 1.34. The van der Waals surface area contributed by atoms with Crippen molar-refractivity contribution in [1.82, 2.24) is 9.55 Å². The molecule has 2 aromatic heterocycles. The van der Waals surface area contributed by atoms with Crippen molar-refractivity contribution in [3.8, 4) is 0 Å². The van der Waals surface area contributed by atoms with E-state index in [1.165, 1.54) is 18.2 Å². The minimum absolute atomic E-state index is 0.0909. The van der Waals surface area contributed by atoms with Crippen molar-refractivity contribution in [3.05, 3.63) is 114 Å². The smallest absolute Gasteiger partial charge is 0.335 e. The van der Waals surface area contributed by atoms with Crippen LogP contribution in [0, 0.1) is 0 Å². The third-order valence-electron chi connectivity index (χ3n) is 6.30. The van der Waals surface area contributed by atoms with Gasteiger partial charge in [0, 0.05) is 27.5 Å². The van der Waals surface area contributed by atoms with Crippen LogP contribution < -0.4 is 10.6 Å². The highest BCUT2D eigenvalue weighted by molar-refractivity contribution is 6.15. The topological polar surface area (TPSA) is 113 Å². The number of hydrogen-bond donors (Lipinski definition) is 3. The van der Waals surface area contributed by atoms with Crippen LogP contribution >= 0.6 is 0 Å². The Morgan fingerprint density at radius 1 is 0.684 bits per heavy atom. The van der Waals surface area contributed by atoms with Gasteiger partial charge in [0.05, 0.1) is 22.1 Å². The summed E-state index contributed by atoms with van der Waals surface area (Å²) in [6, 6.07) is 29.7. The number of aromatic nitrogens is 2. The molecule has 0 bridgehead atoms. The van der Waals surface area contributed by atoms with E-state index in [4.69, 9.17) is 0 Å². The lowest BCUT2D eigenvalue weighted by Gasteiger charge is -2.12. The molecule has 6 aromatic rings. The molecule has 4 aromatic carbocycles. The molecule has 8 heteroatoms. The van der Waals surface area contributed by atoms with Crippen molar-refractivity contribution < 1.29 is 19.5 Å². The maximum Gasteiger partial charge on any atom is 0.335 e. The number of benzene rings is 4. The van der Waals surface area contributed by atoms with Gasteiger partial charge in [0.2, 0.25) is 0 Å². The summed E-state index contributed by atoms with van der Waals surface area (Å²) in [6.45, 7) is 0. The quantitative estimate of drug-likeness (QED) is 0.260. The normalized spacial score (nSPS) is 11.1. The van der Waals surface area contributed by atoms with Crippen LogP contribution in [-0.2, 0) is 0 Å². The molecule has 0 fully saturated rings. The highest BCUT2D eigenvalue weighted by Crippen LogP contribution is 2.29. The monoisotopic (exact) mass is 500 g/mol. The molecule has 0 spiro atoms. The van der Waals surface area contributed by atoms with E-state index >= 15 is 0 Å². The Hall–Kier alpha value is -5.50. The van der Waals surface area contributed by atoms with E-state index in [0.717, 1.165) is 27.2 Å². The minimum Gasteiger partial charge on any atom is -0.478 e. The van der Waals surface area contributed by atoms with Gasteiger partial charge in [-0.3, -0.25) is 9.36 Å². The van der Waals surface area contributed by atoms with Crippen LogP contribution in [0.4, 0.5) is 16.2 Å². The van der Waals surface area contributed by atoms with Gasteiger partial charge in [-0.15, -0.1) is 0 Å². The molecule has 2 amide bonds. The summed E-state index contributed by atoms with van der Waals surface area (Å²) in [4.78, 5) is 42.6. The second-order valence-corrected chi connectivity index (χ2v) is 8.75. The third-order valence-corrected chi connectivity index (χ3v) is 6.30. The SMILES string of the molecule is O=C(O)c1cc(NC(=O)c2ccc3ccccc3n2)cc(NC(=O)n2c3ccccc3c3ccccc32)c1. The number of fused-ring (bicyclic) bond motifs is 4. The number of para-hydroxylation sites is 3. The molecule has 2 heterocycles. The first-order valence-electron chi connectivity index (χ1n) is 11.8. The van der Waals surface area contributed by atoms with Crippen LogP contribution in [0.25, 0.3) is 32.7 Å². The second-order valence-electron chi connectivity index (χ2n) is 8.75. The molecule has 6 rings (SSSR count). The van der Waals surface area contributed by atoms with Crippen LogP contribution in [0.5, 0.6) is 0 Å². The number of nitrogens with zero attached hydrogens (tertiary/aromatic N) is 2. The van der Waals surface area contributed by atoms with Crippen LogP contribution in [0.2, 0.25) is 0 Å². The zero-order chi connectivity index (χ0) is 26.2. The molecule has 0 radical (unpaired) electrons. The number of nitrogens with one attached hydrogen (secondary N) is 2. The van der Waals surface area contributed by atoms with Crippen LogP contribution in [0.3, 0.4) is 0 Å². The summed E-state index contributed by atoms with van der Waals surface area (Å²) in [5, 5.41) is 17.9. The molecule has 0 aliphatic carbocycles. The summed E-state index contributed by atoms with van der Waals surface area (Å²) in [7, 11) is 0. The Labute approximate surface area is 216 Å². The van der Waals surface area contributed by atoms with Crippen molar-refractivity contribution >= 4 is 62.0 Å². The number of aromatic carboxylic acids is 1. The summed E-state index contributed by atoms with van der Waals surface area (Å²) < 4.78 is 1.55. The standard InChI is InChI=1S/C30H20N4O4/c35-28(25-14-13-18-7-1-4-10-24(18)33-25)31-20-15-19(29(36)37)16-21(17-20)32-30(38)34-26-11-5-2-8-22(26)23-9-3-6-12-27(23)34/h1-17H,(H,31,35)(H,32,38)(H,36,37).